The predicted molar refractivity (Wildman–Crippen MR) is 102 cm³/mol. The number of ether oxygens (including phenoxy) is 2. The molecule has 0 N–H and O–H groups in total. The minimum absolute atomic E-state index is 0.102. The molecule has 0 saturated heterocycles. The Hall–Kier alpha value is -3.13. The summed E-state index contributed by atoms with van der Waals surface area (Å²) in [4.78, 5) is 24.7. The number of carbonyl (C=O) groups excluding carboxylic acids is 2. The third kappa shape index (κ3) is 5.03. The molecule has 4 nitrogen and oxygen atoms in total. The van der Waals surface area contributed by atoms with E-state index >= 15 is 0 Å². The molecule has 3 aromatic rings. The van der Waals surface area contributed by atoms with Crippen LogP contribution in [0.1, 0.15) is 26.3 Å². The highest BCUT2D eigenvalue weighted by Crippen LogP contribution is 2.33. The standard InChI is InChI=1S/C21H12BrF3O4/c22-14-7-5-6-13(12-14)19(26)28-17-10-3-4-11-18(17)29-20(27)15-8-1-2-9-16(15)21(23,24)25/h1-12H. The van der Waals surface area contributed by atoms with Crippen LogP contribution in [-0.4, -0.2) is 11.9 Å². The molecular weight excluding hydrogens is 453 g/mol. The Morgan fingerprint density at radius 2 is 1.34 bits per heavy atom. The number of carbonyl (C=O) groups is 2. The van der Waals surface area contributed by atoms with Crippen LogP contribution >= 0.6 is 15.9 Å². The SMILES string of the molecule is O=C(Oc1ccccc1OC(=O)c1ccccc1C(F)(F)F)c1cccc(Br)c1. The lowest BCUT2D eigenvalue weighted by Gasteiger charge is -2.13. The first-order chi connectivity index (χ1) is 13.8. The highest BCUT2D eigenvalue weighted by molar-refractivity contribution is 9.10. The van der Waals surface area contributed by atoms with Crippen LogP contribution in [0.4, 0.5) is 13.2 Å². The van der Waals surface area contributed by atoms with Gasteiger partial charge < -0.3 is 9.47 Å². The van der Waals surface area contributed by atoms with Gasteiger partial charge in [-0.2, -0.15) is 13.2 Å². The number of para-hydroxylation sites is 2. The first-order valence-electron chi connectivity index (χ1n) is 8.21. The van der Waals surface area contributed by atoms with E-state index in [4.69, 9.17) is 9.47 Å². The Bertz CT molecular complexity index is 1060. The molecule has 29 heavy (non-hydrogen) atoms. The number of alkyl halides is 3. The summed E-state index contributed by atoms with van der Waals surface area (Å²) >= 11 is 3.24. The predicted octanol–water partition coefficient (Wildman–Crippen LogP) is 5.91. The highest BCUT2D eigenvalue weighted by Gasteiger charge is 2.35. The first-order valence-corrected chi connectivity index (χ1v) is 9.00. The van der Waals surface area contributed by atoms with E-state index in [1.807, 2.05) is 0 Å². The van der Waals surface area contributed by atoms with Crippen molar-refractivity contribution in [2.45, 2.75) is 6.18 Å². The average molecular weight is 465 g/mol. The number of hydrogen-bond acceptors (Lipinski definition) is 4. The lowest BCUT2D eigenvalue weighted by atomic mass is 10.1. The maximum Gasteiger partial charge on any atom is 0.417 e. The van der Waals surface area contributed by atoms with Gasteiger partial charge in [0.15, 0.2) is 11.5 Å². The molecule has 0 aliphatic heterocycles. The van der Waals surface area contributed by atoms with Crippen molar-refractivity contribution >= 4 is 27.9 Å². The largest absolute Gasteiger partial charge is 0.419 e. The number of rotatable bonds is 4. The van der Waals surface area contributed by atoms with Crippen LogP contribution in [0.25, 0.3) is 0 Å². The number of hydrogen-bond donors (Lipinski definition) is 0. The van der Waals surface area contributed by atoms with E-state index in [2.05, 4.69) is 15.9 Å². The minimum Gasteiger partial charge on any atom is -0.419 e. The van der Waals surface area contributed by atoms with E-state index in [1.165, 1.54) is 48.5 Å². The molecule has 0 amide bonds. The molecule has 0 aliphatic rings. The molecular formula is C21H12BrF3O4. The van der Waals surface area contributed by atoms with E-state index in [1.54, 1.807) is 12.1 Å². The second kappa shape index (κ2) is 8.48. The van der Waals surface area contributed by atoms with Gasteiger partial charge in [0.2, 0.25) is 0 Å². The number of halogens is 4. The van der Waals surface area contributed by atoms with Crippen LogP contribution in [-0.2, 0) is 6.18 Å². The lowest BCUT2D eigenvalue weighted by molar-refractivity contribution is -0.138. The molecule has 0 aliphatic carbocycles. The van der Waals surface area contributed by atoms with Gasteiger partial charge in [-0.1, -0.05) is 46.3 Å². The summed E-state index contributed by atoms with van der Waals surface area (Å²) in [6, 6.07) is 16.4. The van der Waals surface area contributed by atoms with Gasteiger partial charge in [-0.25, -0.2) is 9.59 Å². The molecule has 3 aromatic carbocycles. The van der Waals surface area contributed by atoms with Crippen molar-refractivity contribution in [2.24, 2.45) is 0 Å². The normalized spacial score (nSPS) is 11.0. The first kappa shape index (κ1) is 20.6. The zero-order valence-corrected chi connectivity index (χ0v) is 16.2. The van der Waals surface area contributed by atoms with Crippen molar-refractivity contribution in [1.29, 1.82) is 0 Å². The molecule has 0 radical (unpaired) electrons. The van der Waals surface area contributed by atoms with Crippen molar-refractivity contribution < 1.29 is 32.2 Å². The second-order valence-corrected chi connectivity index (χ2v) is 6.70. The molecule has 0 spiro atoms. The fourth-order valence-electron chi connectivity index (χ4n) is 2.46. The average Bonchev–Trinajstić information content (AvgIpc) is 2.68. The van der Waals surface area contributed by atoms with E-state index in [-0.39, 0.29) is 17.1 Å². The maximum atomic E-state index is 13.1. The van der Waals surface area contributed by atoms with Crippen molar-refractivity contribution in [2.75, 3.05) is 0 Å². The quantitative estimate of drug-likeness (QED) is 0.356. The van der Waals surface area contributed by atoms with E-state index in [0.29, 0.717) is 4.47 Å². The fourth-order valence-corrected chi connectivity index (χ4v) is 2.86. The molecule has 0 fully saturated rings. The van der Waals surface area contributed by atoms with Crippen molar-refractivity contribution in [3.8, 4) is 11.5 Å². The van der Waals surface area contributed by atoms with Crippen LogP contribution in [0.5, 0.6) is 11.5 Å². The van der Waals surface area contributed by atoms with E-state index < -0.39 is 29.2 Å². The Balaban J connectivity index is 1.85. The van der Waals surface area contributed by atoms with Gasteiger partial charge in [-0.3, -0.25) is 0 Å². The lowest BCUT2D eigenvalue weighted by Crippen LogP contribution is -2.17. The monoisotopic (exact) mass is 464 g/mol. The molecule has 148 valence electrons. The van der Waals surface area contributed by atoms with Crippen LogP contribution in [0.2, 0.25) is 0 Å². The molecule has 0 atom stereocenters. The zero-order chi connectivity index (χ0) is 21.0. The van der Waals surface area contributed by atoms with Crippen LogP contribution in [0.15, 0.2) is 77.3 Å². The van der Waals surface area contributed by atoms with Gasteiger partial charge in [0, 0.05) is 4.47 Å². The van der Waals surface area contributed by atoms with Crippen molar-refractivity contribution in [3.05, 3.63) is 94.0 Å². The molecule has 0 aromatic heterocycles. The smallest absolute Gasteiger partial charge is 0.417 e. The van der Waals surface area contributed by atoms with Gasteiger partial charge in [-0.05, 0) is 42.5 Å². The molecule has 0 heterocycles. The Labute approximate surface area is 172 Å². The summed E-state index contributed by atoms with van der Waals surface area (Å²) in [6.07, 6.45) is -4.72. The summed E-state index contributed by atoms with van der Waals surface area (Å²) in [5.41, 5.74) is -1.52. The van der Waals surface area contributed by atoms with Crippen LogP contribution in [0, 0.1) is 0 Å². The Morgan fingerprint density at radius 3 is 1.97 bits per heavy atom. The second-order valence-electron chi connectivity index (χ2n) is 5.78. The highest BCUT2D eigenvalue weighted by atomic mass is 79.9. The van der Waals surface area contributed by atoms with Gasteiger partial charge >= 0.3 is 18.1 Å². The van der Waals surface area contributed by atoms with Gasteiger partial charge in [-0.15, -0.1) is 0 Å². The Morgan fingerprint density at radius 1 is 0.759 bits per heavy atom. The summed E-state index contributed by atoms with van der Waals surface area (Å²) in [6.45, 7) is 0. The van der Waals surface area contributed by atoms with Crippen molar-refractivity contribution in [1.82, 2.24) is 0 Å². The van der Waals surface area contributed by atoms with Crippen LogP contribution < -0.4 is 9.47 Å². The van der Waals surface area contributed by atoms with Gasteiger partial charge in [0.1, 0.15) is 0 Å². The van der Waals surface area contributed by atoms with Gasteiger partial charge in [0.05, 0.1) is 16.7 Å². The number of benzene rings is 3. The summed E-state index contributed by atoms with van der Waals surface area (Å²) < 4.78 is 50.4. The minimum atomic E-state index is -4.72. The third-order valence-corrected chi connectivity index (χ3v) is 4.26. The topological polar surface area (TPSA) is 52.6 Å². The van der Waals surface area contributed by atoms with Crippen LogP contribution in [0.3, 0.4) is 0 Å². The summed E-state index contributed by atoms with van der Waals surface area (Å²) in [7, 11) is 0. The van der Waals surface area contributed by atoms with Gasteiger partial charge in [0.25, 0.3) is 0 Å². The zero-order valence-electron chi connectivity index (χ0n) is 14.6. The molecule has 8 heteroatoms. The molecule has 0 saturated carbocycles. The molecule has 3 rings (SSSR count). The summed E-state index contributed by atoms with van der Waals surface area (Å²) in [5, 5.41) is 0. The van der Waals surface area contributed by atoms with E-state index in [9.17, 15) is 22.8 Å². The molecule has 0 bridgehead atoms. The van der Waals surface area contributed by atoms with E-state index in [0.717, 1.165) is 12.1 Å². The fraction of sp³-hybridized carbons (Fsp3) is 0.0476. The van der Waals surface area contributed by atoms with Crippen molar-refractivity contribution in [3.63, 3.8) is 0 Å². The summed E-state index contributed by atoms with van der Waals surface area (Å²) in [5.74, 6) is -2.22. The maximum absolute atomic E-state index is 13.1. The molecule has 0 unspecified atom stereocenters. The Kier molecular flexibility index (Phi) is 6.03. The number of esters is 2. The third-order valence-electron chi connectivity index (χ3n) is 3.77.